The van der Waals surface area contributed by atoms with Gasteiger partial charge in [-0.2, -0.15) is 0 Å². The Bertz CT molecular complexity index is 1190. The lowest BCUT2D eigenvalue weighted by molar-refractivity contribution is -0.115. The van der Waals surface area contributed by atoms with Crippen molar-refractivity contribution in [2.45, 2.75) is 0 Å². The molecule has 28 heavy (non-hydrogen) atoms. The molecule has 0 radical (unpaired) electrons. The fraction of sp³-hybridized carbons (Fsp3) is 0. The molecule has 3 aromatic rings. The molecule has 4 rings (SSSR count). The van der Waals surface area contributed by atoms with E-state index in [9.17, 15) is 14.4 Å². The van der Waals surface area contributed by atoms with Gasteiger partial charge in [-0.1, -0.05) is 29.3 Å². The summed E-state index contributed by atoms with van der Waals surface area (Å²) in [5, 5.41) is 2.82. The Balaban J connectivity index is 1.69. The van der Waals surface area contributed by atoms with Crippen LogP contribution in [0.4, 0.5) is 10.5 Å². The number of rotatable bonds is 3. The summed E-state index contributed by atoms with van der Waals surface area (Å²) in [6, 6.07) is 9.61. The highest BCUT2D eigenvalue weighted by atomic mass is 35.5. The van der Waals surface area contributed by atoms with Gasteiger partial charge in [-0.05, 0) is 53.7 Å². The highest BCUT2D eigenvalue weighted by Crippen LogP contribution is 2.31. The molecule has 140 valence electrons. The van der Waals surface area contributed by atoms with Crippen LogP contribution >= 0.6 is 35.0 Å². The van der Waals surface area contributed by atoms with Gasteiger partial charge in [0.05, 0.1) is 20.6 Å². The number of halogens is 2. The van der Waals surface area contributed by atoms with Gasteiger partial charge >= 0.3 is 0 Å². The Morgan fingerprint density at radius 2 is 1.82 bits per heavy atom. The molecule has 1 aliphatic rings. The summed E-state index contributed by atoms with van der Waals surface area (Å²) in [7, 11) is 0. The summed E-state index contributed by atoms with van der Waals surface area (Å²) >= 11 is 12.8. The van der Waals surface area contributed by atoms with Crippen LogP contribution in [0, 0.1) is 0 Å². The van der Waals surface area contributed by atoms with E-state index in [0.717, 1.165) is 11.8 Å². The predicted molar refractivity (Wildman–Crippen MR) is 110 cm³/mol. The molecular weight excluding hydrogens is 423 g/mol. The molecule has 1 fully saturated rings. The average Bonchev–Trinajstić information content (AvgIpc) is 3.21. The average molecular weight is 433 g/mol. The molecule has 2 aromatic carbocycles. The third kappa shape index (κ3) is 3.40. The fourth-order valence-corrected chi connectivity index (χ4v) is 3.86. The minimum atomic E-state index is -0.435. The number of thioether (sulfide) groups is 1. The smallest absolute Gasteiger partial charge is 0.290 e. The third-order valence-electron chi connectivity index (χ3n) is 4.05. The molecule has 2 heterocycles. The molecule has 1 saturated heterocycles. The highest BCUT2D eigenvalue weighted by Gasteiger charge is 2.25. The molecule has 0 atom stereocenters. The van der Waals surface area contributed by atoms with E-state index in [2.05, 4.69) is 5.32 Å². The molecular formula is C19H10Cl2N2O4S. The second-order valence-electron chi connectivity index (χ2n) is 5.94. The van der Waals surface area contributed by atoms with Crippen LogP contribution in [0.5, 0.6) is 0 Å². The van der Waals surface area contributed by atoms with Crippen molar-refractivity contribution in [3.05, 3.63) is 68.2 Å². The Labute approximate surface area is 172 Å². The standard InChI is InChI=1S/C19H10Cl2N2O4S/c20-11-5-10(6-12(21)16(11)22)17(24)14-7-9-3-8(1-2-13(9)27-14)4-15-18(25)23-19(26)28-15/h1-7H,22H2,(H,23,25,26). The predicted octanol–water partition coefficient (Wildman–Crippen LogP) is 4.88. The number of benzene rings is 2. The largest absolute Gasteiger partial charge is 0.453 e. The number of carbonyl (C=O) groups is 3. The van der Waals surface area contributed by atoms with Crippen molar-refractivity contribution in [2.24, 2.45) is 0 Å². The van der Waals surface area contributed by atoms with E-state index in [0.29, 0.717) is 21.4 Å². The number of imide groups is 1. The second-order valence-corrected chi connectivity index (χ2v) is 7.77. The molecule has 2 amide bonds. The third-order valence-corrected chi connectivity index (χ3v) is 5.48. The van der Waals surface area contributed by atoms with Gasteiger partial charge in [-0.15, -0.1) is 0 Å². The maximum Gasteiger partial charge on any atom is 0.290 e. The number of carbonyl (C=O) groups excluding carboxylic acids is 3. The van der Waals surface area contributed by atoms with E-state index in [1.807, 2.05) is 0 Å². The van der Waals surface area contributed by atoms with E-state index < -0.39 is 16.9 Å². The molecule has 0 spiro atoms. The maximum absolute atomic E-state index is 12.7. The number of anilines is 1. The first-order valence-corrected chi connectivity index (χ1v) is 9.47. The van der Waals surface area contributed by atoms with Gasteiger partial charge in [0, 0.05) is 10.9 Å². The lowest BCUT2D eigenvalue weighted by Gasteiger charge is -2.04. The van der Waals surface area contributed by atoms with Crippen molar-refractivity contribution >= 4 is 74.6 Å². The summed E-state index contributed by atoms with van der Waals surface area (Å²) in [4.78, 5) is 35.9. The molecule has 0 unspecified atom stereocenters. The van der Waals surface area contributed by atoms with Crippen LogP contribution in [0.1, 0.15) is 21.7 Å². The number of hydrogen-bond donors (Lipinski definition) is 2. The molecule has 1 aromatic heterocycles. The van der Waals surface area contributed by atoms with Crippen LogP contribution in [0.25, 0.3) is 17.0 Å². The zero-order valence-corrected chi connectivity index (χ0v) is 16.2. The van der Waals surface area contributed by atoms with E-state index in [-0.39, 0.29) is 27.1 Å². The molecule has 0 aliphatic carbocycles. The van der Waals surface area contributed by atoms with Crippen LogP contribution in [-0.2, 0) is 4.79 Å². The minimum Gasteiger partial charge on any atom is -0.453 e. The van der Waals surface area contributed by atoms with Crippen LogP contribution < -0.4 is 11.1 Å². The Morgan fingerprint density at radius 3 is 2.46 bits per heavy atom. The molecule has 6 nitrogen and oxygen atoms in total. The van der Waals surface area contributed by atoms with Crippen molar-refractivity contribution in [3.63, 3.8) is 0 Å². The van der Waals surface area contributed by atoms with Crippen molar-refractivity contribution in [1.29, 1.82) is 0 Å². The molecule has 0 saturated carbocycles. The van der Waals surface area contributed by atoms with Crippen molar-refractivity contribution in [3.8, 4) is 0 Å². The summed E-state index contributed by atoms with van der Waals surface area (Å²) in [6.07, 6.45) is 1.60. The van der Waals surface area contributed by atoms with Crippen molar-refractivity contribution in [2.75, 3.05) is 5.73 Å². The van der Waals surface area contributed by atoms with Gasteiger partial charge in [0.1, 0.15) is 5.58 Å². The first-order chi connectivity index (χ1) is 13.3. The quantitative estimate of drug-likeness (QED) is 0.347. The topological polar surface area (TPSA) is 102 Å². The number of fused-ring (bicyclic) bond motifs is 1. The zero-order chi connectivity index (χ0) is 20.0. The lowest BCUT2D eigenvalue weighted by atomic mass is 10.1. The van der Waals surface area contributed by atoms with Crippen LogP contribution in [0.2, 0.25) is 10.0 Å². The normalized spacial score (nSPS) is 15.4. The van der Waals surface area contributed by atoms with Crippen LogP contribution in [0.3, 0.4) is 0 Å². The van der Waals surface area contributed by atoms with Crippen LogP contribution in [0.15, 0.2) is 45.7 Å². The SMILES string of the molecule is Nc1c(Cl)cc(C(=O)c2cc3cc(C=C4SC(=O)NC4=O)ccc3o2)cc1Cl. The second kappa shape index (κ2) is 7.01. The van der Waals surface area contributed by atoms with E-state index in [1.54, 1.807) is 30.3 Å². The van der Waals surface area contributed by atoms with E-state index >= 15 is 0 Å². The zero-order valence-electron chi connectivity index (χ0n) is 13.9. The van der Waals surface area contributed by atoms with Gasteiger partial charge in [0.25, 0.3) is 11.1 Å². The van der Waals surface area contributed by atoms with Crippen molar-refractivity contribution < 1.29 is 18.8 Å². The number of furan rings is 1. The molecule has 3 N–H and O–H groups in total. The fourth-order valence-electron chi connectivity index (χ4n) is 2.69. The maximum atomic E-state index is 12.7. The number of amides is 2. The number of nitrogens with one attached hydrogen (secondary N) is 1. The Hall–Kier alpha value is -2.74. The molecule has 9 heteroatoms. The summed E-state index contributed by atoms with van der Waals surface area (Å²) < 4.78 is 5.63. The Kier molecular flexibility index (Phi) is 4.66. The number of nitrogen functional groups attached to an aromatic ring is 1. The summed E-state index contributed by atoms with van der Waals surface area (Å²) in [6.45, 7) is 0. The summed E-state index contributed by atoms with van der Waals surface area (Å²) in [5.74, 6) is -0.716. The van der Waals surface area contributed by atoms with Gasteiger partial charge in [0.15, 0.2) is 5.76 Å². The minimum absolute atomic E-state index is 0.111. The number of ketones is 1. The highest BCUT2D eigenvalue weighted by molar-refractivity contribution is 8.18. The first-order valence-electron chi connectivity index (χ1n) is 7.89. The van der Waals surface area contributed by atoms with Gasteiger partial charge in [0.2, 0.25) is 5.78 Å². The van der Waals surface area contributed by atoms with Gasteiger partial charge in [-0.3, -0.25) is 19.7 Å². The van der Waals surface area contributed by atoms with E-state index in [1.165, 1.54) is 12.1 Å². The first kappa shape index (κ1) is 18.6. The number of hydrogen-bond acceptors (Lipinski definition) is 6. The Morgan fingerprint density at radius 1 is 1.11 bits per heavy atom. The molecule has 1 aliphatic heterocycles. The molecule has 0 bridgehead atoms. The van der Waals surface area contributed by atoms with E-state index in [4.69, 9.17) is 33.4 Å². The monoisotopic (exact) mass is 432 g/mol. The lowest BCUT2D eigenvalue weighted by Crippen LogP contribution is -2.17. The van der Waals surface area contributed by atoms with Gasteiger partial charge < -0.3 is 10.2 Å². The van der Waals surface area contributed by atoms with Crippen molar-refractivity contribution in [1.82, 2.24) is 5.32 Å². The van der Waals surface area contributed by atoms with Crippen LogP contribution in [-0.4, -0.2) is 16.9 Å². The summed E-state index contributed by atoms with van der Waals surface area (Å²) in [5.41, 5.74) is 7.34. The van der Waals surface area contributed by atoms with Gasteiger partial charge in [-0.25, -0.2) is 0 Å². The number of nitrogens with two attached hydrogens (primary N) is 1.